The lowest BCUT2D eigenvalue weighted by Crippen LogP contribution is -2.36. The molecule has 0 spiro atoms. The molecule has 30 heavy (non-hydrogen) atoms. The Bertz CT molecular complexity index is 1250. The Morgan fingerprint density at radius 3 is 2.40 bits per heavy atom. The quantitative estimate of drug-likeness (QED) is 0.577. The van der Waals surface area contributed by atoms with Gasteiger partial charge in [-0.25, -0.2) is 13.1 Å². The highest BCUT2D eigenvalue weighted by Gasteiger charge is 2.39. The first-order valence-electron chi connectivity index (χ1n) is 9.23. The first-order valence-corrected chi connectivity index (χ1v) is 11.4. The molecule has 3 aromatic rings. The largest absolute Gasteiger partial charge is 0.343 e. The molecule has 0 fully saturated rings. The highest BCUT2D eigenvalue weighted by atomic mass is 35.5. The number of fused-ring (bicyclic) bond motifs is 1. The van der Waals surface area contributed by atoms with Crippen LogP contribution in [0, 0.1) is 6.92 Å². The molecule has 0 bridgehead atoms. The maximum absolute atomic E-state index is 13.8. The predicted molar refractivity (Wildman–Crippen MR) is 122 cm³/mol. The van der Waals surface area contributed by atoms with Crippen LogP contribution in [0.1, 0.15) is 24.2 Å². The molecule has 156 valence electrons. The van der Waals surface area contributed by atoms with Crippen molar-refractivity contribution in [1.29, 1.82) is 0 Å². The number of allylic oxidation sites excluding steroid dienone is 2. The molecule has 1 aliphatic rings. The molecule has 1 unspecified atom stereocenters. The summed E-state index contributed by atoms with van der Waals surface area (Å²) < 4.78 is 30.5. The van der Waals surface area contributed by atoms with Gasteiger partial charge in [0.2, 0.25) is 0 Å². The van der Waals surface area contributed by atoms with Crippen LogP contribution in [0.15, 0.2) is 65.2 Å². The van der Waals surface area contributed by atoms with Gasteiger partial charge in [-0.1, -0.05) is 47.5 Å². The van der Waals surface area contributed by atoms with Crippen molar-refractivity contribution in [2.75, 3.05) is 16.7 Å². The minimum absolute atomic E-state index is 0.197. The highest BCUT2D eigenvalue weighted by Crippen LogP contribution is 2.41. The monoisotopic (exact) mass is 462 g/mol. The number of aryl methyl sites for hydroxylation is 1. The van der Waals surface area contributed by atoms with Crippen molar-refractivity contribution in [3.8, 4) is 0 Å². The molecular weight excluding hydrogens is 443 g/mol. The molecular formula is C21H20Cl2N4O2S. The van der Waals surface area contributed by atoms with Crippen LogP contribution < -0.4 is 9.62 Å². The van der Waals surface area contributed by atoms with Gasteiger partial charge >= 0.3 is 0 Å². The van der Waals surface area contributed by atoms with E-state index in [9.17, 15) is 8.42 Å². The molecule has 0 aliphatic carbocycles. The van der Waals surface area contributed by atoms with E-state index in [0.29, 0.717) is 32.8 Å². The van der Waals surface area contributed by atoms with Crippen molar-refractivity contribution in [2.24, 2.45) is 0 Å². The SMILES string of the molecule is CC1=C(S(=O)(=O)N(C)c2ccccc2)C(c2ccc(Cl)c(Cl)c2)n2nc(C)cc2N1. The summed E-state index contributed by atoms with van der Waals surface area (Å²) in [6, 6.07) is 15.2. The first-order chi connectivity index (χ1) is 14.2. The molecule has 1 aromatic heterocycles. The van der Waals surface area contributed by atoms with Crippen molar-refractivity contribution < 1.29 is 8.42 Å². The van der Waals surface area contributed by atoms with E-state index < -0.39 is 16.1 Å². The Labute approximate surface area is 185 Å². The molecule has 2 aromatic carbocycles. The standard InChI is InChI=1S/C21H20Cl2N4O2S/c1-13-11-19-24-14(2)21(30(28,29)26(3)16-7-5-4-6-8-16)20(27(19)25-13)15-9-10-17(22)18(23)12-15/h4-12,20,24H,1-3H3. The summed E-state index contributed by atoms with van der Waals surface area (Å²) in [5.41, 5.74) is 2.54. The molecule has 6 nitrogen and oxygen atoms in total. The summed E-state index contributed by atoms with van der Waals surface area (Å²) in [6.45, 7) is 3.61. The number of nitrogens with one attached hydrogen (secondary N) is 1. The van der Waals surface area contributed by atoms with E-state index in [4.69, 9.17) is 23.2 Å². The second-order valence-corrected chi connectivity index (χ2v) is 9.87. The van der Waals surface area contributed by atoms with Crippen LogP contribution in [0.3, 0.4) is 0 Å². The summed E-state index contributed by atoms with van der Waals surface area (Å²) in [6.07, 6.45) is 0. The van der Waals surface area contributed by atoms with E-state index in [2.05, 4.69) is 10.4 Å². The summed E-state index contributed by atoms with van der Waals surface area (Å²) in [5.74, 6) is 0.711. The van der Waals surface area contributed by atoms with Crippen molar-refractivity contribution in [2.45, 2.75) is 19.9 Å². The number of hydrogen-bond acceptors (Lipinski definition) is 4. The van der Waals surface area contributed by atoms with Crippen LogP contribution in [0.5, 0.6) is 0 Å². The number of nitrogens with zero attached hydrogens (tertiary/aromatic N) is 3. The normalized spacial score (nSPS) is 16.2. The first kappa shape index (κ1) is 20.8. The maximum atomic E-state index is 13.8. The van der Waals surface area contributed by atoms with Crippen molar-refractivity contribution in [1.82, 2.24) is 9.78 Å². The van der Waals surface area contributed by atoms with Crippen LogP contribution in [0.25, 0.3) is 0 Å². The third kappa shape index (κ3) is 3.47. The second-order valence-electron chi connectivity index (χ2n) is 7.11. The molecule has 9 heteroatoms. The van der Waals surface area contributed by atoms with Gasteiger partial charge in [-0.2, -0.15) is 5.10 Å². The smallest absolute Gasteiger partial charge is 0.264 e. The Kier molecular flexibility index (Phi) is 5.30. The van der Waals surface area contributed by atoms with Gasteiger partial charge in [0.1, 0.15) is 16.8 Å². The van der Waals surface area contributed by atoms with Crippen molar-refractivity contribution in [3.63, 3.8) is 0 Å². The molecule has 0 saturated carbocycles. The highest BCUT2D eigenvalue weighted by molar-refractivity contribution is 7.96. The molecule has 1 N–H and O–H groups in total. The fourth-order valence-corrected chi connectivity index (χ4v) is 5.57. The van der Waals surface area contributed by atoms with Gasteiger partial charge < -0.3 is 5.32 Å². The van der Waals surface area contributed by atoms with Gasteiger partial charge in [-0.15, -0.1) is 0 Å². The van der Waals surface area contributed by atoms with E-state index in [1.54, 1.807) is 61.1 Å². The fraction of sp³-hybridized carbons (Fsp3) is 0.190. The number of aromatic nitrogens is 2. The molecule has 1 atom stereocenters. The zero-order chi connectivity index (χ0) is 21.6. The molecule has 0 amide bonds. The van der Waals surface area contributed by atoms with Crippen LogP contribution >= 0.6 is 23.2 Å². The zero-order valence-electron chi connectivity index (χ0n) is 16.6. The van der Waals surface area contributed by atoms with Gasteiger partial charge in [0.15, 0.2) is 0 Å². The van der Waals surface area contributed by atoms with Gasteiger partial charge in [-0.05, 0) is 43.7 Å². The molecule has 1 aliphatic heterocycles. The topological polar surface area (TPSA) is 67.2 Å². The number of para-hydroxylation sites is 1. The van der Waals surface area contributed by atoms with Gasteiger partial charge in [0.25, 0.3) is 10.0 Å². The molecule has 2 heterocycles. The summed E-state index contributed by atoms with van der Waals surface area (Å²) in [5, 5.41) is 8.49. The lowest BCUT2D eigenvalue weighted by Gasteiger charge is -2.32. The number of hydrogen-bond donors (Lipinski definition) is 1. The van der Waals surface area contributed by atoms with Crippen LogP contribution in [-0.2, 0) is 10.0 Å². The van der Waals surface area contributed by atoms with E-state index >= 15 is 0 Å². The molecule has 0 saturated heterocycles. The Hall–Kier alpha value is -2.48. The van der Waals surface area contributed by atoms with Crippen LogP contribution in [-0.4, -0.2) is 25.2 Å². The summed E-state index contributed by atoms with van der Waals surface area (Å²) >= 11 is 12.4. The van der Waals surface area contributed by atoms with Crippen molar-refractivity contribution >= 4 is 44.7 Å². The van der Waals surface area contributed by atoms with Gasteiger partial charge in [0, 0.05) is 18.8 Å². The van der Waals surface area contributed by atoms with Crippen LogP contribution in [0.2, 0.25) is 10.0 Å². The molecule has 0 radical (unpaired) electrons. The van der Waals surface area contributed by atoms with E-state index in [1.165, 1.54) is 4.31 Å². The summed E-state index contributed by atoms with van der Waals surface area (Å²) in [4.78, 5) is 0.197. The summed E-state index contributed by atoms with van der Waals surface area (Å²) in [7, 11) is -2.36. The van der Waals surface area contributed by atoms with E-state index in [1.807, 2.05) is 19.1 Å². The number of benzene rings is 2. The van der Waals surface area contributed by atoms with Gasteiger partial charge in [-0.3, -0.25) is 4.31 Å². The molecule has 4 rings (SSSR count). The van der Waals surface area contributed by atoms with Crippen LogP contribution in [0.4, 0.5) is 11.5 Å². The Balaban J connectivity index is 1.92. The van der Waals surface area contributed by atoms with E-state index in [-0.39, 0.29) is 4.91 Å². The third-order valence-electron chi connectivity index (χ3n) is 5.05. The predicted octanol–water partition coefficient (Wildman–Crippen LogP) is 5.21. The average Bonchev–Trinajstić information content (AvgIpc) is 3.08. The number of sulfonamides is 1. The average molecular weight is 463 g/mol. The Morgan fingerprint density at radius 2 is 1.73 bits per heavy atom. The number of anilines is 2. The number of halogens is 2. The lowest BCUT2D eigenvalue weighted by atomic mass is 10.0. The lowest BCUT2D eigenvalue weighted by molar-refractivity contribution is 0.562. The van der Waals surface area contributed by atoms with Crippen molar-refractivity contribution in [3.05, 3.63) is 86.5 Å². The second kappa shape index (κ2) is 7.65. The minimum atomic E-state index is -3.90. The fourth-order valence-electron chi connectivity index (χ4n) is 3.61. The number of rotatable bonds is 4. The zero-order valence-corrected chi connectivity index (χ0v) is 18.9. The Morgan fingerprint density at radius 1 is 1.03 bits per heavy atom. The van der Waals surface area contributed by atoms with E-state index in [0.717, 1.165) is 5.69 Å². The third-order valence-corrected chi connectivity index (χ3v) is 7.81. The minimum Gasteiger partial charge on any atom is -0.343 e. The maximum Gasteiger partial charge on any atom is 0.264 e. The van der Waals surface area contributed by atoms with Gasteiger partial charge in [0.05, 0.1) is 21.4 Å².